The van der Waals surface area contributed by atoms with Gasteiger partial charge in [0.1, 0.15) is 11.3 Å². The van der Waals surface area contributed by atoms with Crippen molar-refractivity contribution in [3.05, 3.63) is 29.3 Å². The molecule has 0 fully saturated rings. The van der Waals surface area contributed by atoms with E-state index in [1.54, 1.807) is 0 Å². The Morgan fingerprint density at radius 1 is 1.10 bits per heavy atom. The van der Waals surface area contributed by atoms with Crippen molar-refractivity contribution in [3.8, 4) is 5.75 Å². The summed E-state index contributed by atoms with van der Waals surface area (Å²) >= 11 is 0. The van der Waals surface area contributed by atoms with Gasteiger partial charge in [-0.15, -0.1) is 0 Å². The fourth-order valence-electron chi connectivity index (χ4n) is 1.53. The summed E-state index contributed by atoms with van der Waals surface area (Å²) in [6.07, 6.45) is 0. The van der Waals surface area contributed by atoms with Crippen LogP contribution >= 0.6 is 0 Å². The van der Waals surface area contributed by atoms with Crippen molar-refractivity contribution in [2.75, 3.05) is 13.2 Å². The van der Waals surface area contributed by atoms with Crippen LogP contribution in [0.15, 0.2) is 18.2 Å². The number of carbonyl (C=O) groups is 2. The maximum absolute atomic E-state index is 11.9. The normalized spacial score (nSPS) is 10.8. The number of ether oxygens (including phenoxy) is 2. The Morgan fingerprint density at radius 3 is 2.24 bits per heavy atom. The van der Waals surface area contributed by atoms with Gasteiger partial charge in [0, 0.05) is 0 Å². The zero-order chi connectivity index (χ0) is 16.0. The lowest BCUT2D eigenvalue weighted by Gasteiger charge is -2.13. The van der Waals surface area contributed by atoms with E-state index in [9.17, 15) is 9.59 Å². The molecule has 0 aliphatic carbocycles. The summed E-state index contributed by atoms with van der Waals surface area (Å²) in [7, 11) is 0. The van der Waals surface area contributed by atoms with Crippen LogP contribution in [0.25, 0.3) is 0 Å². The van der Waals surface area contributed by atoms with Crippen LogP contribution in [0.4, 0.5) is 0 Å². The van der Waals surface area contributed by atoms with Gasteiger partial charge in [-0.3, -0.25) is 0 Å². The minimum absolute atomic E-state index is 0.0380. The number of aromatic carboxylic acids is 1. The third-order valence-corrected chi connectivity index (χ3v) is 2.57. The molecule has 5 nitrogen and oxygen atoms in total. The first-order valence-corrected chi connectivity index (χ1v) is 6.98. The molecule has 1 aromatic carbocycles. The van der Waals surface area contributed by atoms with Crippen LogP contribution in [-0.4, -0.2) is 30.3 Å². The Kier molecular flexibility index (Phi) is 6.21. The standard InChI is InChI=1S/C16H22O5/c1-10(2)8-20-14-7-12(5-6-13(14)15(17)18)16(19)21-9-11(3)4/h5-7,10-11H,8-9H2,1-4H3,(H,17,18). The SMILES string of the molecule is CC(C)COC(=O)c1ccc(C(=O)O)c(OCC(C)C)c1. The quantitative estimate of drug-likeness (QED) is 0.782. The topological polar surface area (TPSA) is 72.8 Å². The predicted molar refractivity (Wildman–Crippen MR) is 78.9 cm³/mol. The third kappa shape index (κ3) is 5.45. The second kappa shape index (κ2) is 7.67. The van der Waals surface area contributed by atoms with Gasteiger partial charge in [-0.05, 0) is 30.0 Å². The van der Waals surface area contributed by atoms with E-state index in [4.69, 9.17) is 14.6 Å². The van der Waals surface area contributed by atoms with Crippen molar-refractivity contribution in [2.45, 2.75) is 27.7 Å². The second-order valence-corrected chi connectivity index (χ2v) is 5.71. The molecule has 0 amide bonds. The Balaban J connectivity index is 2.94. The summed E-state index contributed by atoms with van der Waals surface area (Å²) in [5, 5.41) is 9.14. The molecule has 0 saturated carbocycles. The van der Waals surface area contributed by atoms with E-state index in [-0.39, 0.29) is 23.1 Å². The van der Waals surface area contributed by atoms with Gasteiger partial charge in [-0.1, -0.05) is 27.7 Å². The molecule has 0 aromatic heterocycles. The Morgan fingerprint density at radius 2 is 1.71 bits per heavy atom. The van der Waals surface area contributed by atoms with Crippen LogP contribution in [0.5, 0.6) is 5.75 Å². The largest absolute Gasteiger partial charge is 0.492 e. The number of rotatable bonds is 7. The molecule has 0 radical (unpaired) electrons. The first-order chi connectivity index (χ1) is 9.81. The van der Waals surface area contributed by atoms with Gasteiger partial charge in [0.05, 0.1) is 18.8 Å². The highest BCUT2D eigenvalue weighted by Gasteiger charge is 2.16. The average molecular weight is 294 g/mol. The number of benzene rings is 1. The number of carboxylic acid groups (broad SMARTS) is 1. The smallest absolute Gasteiger partial charge is 0.339 e. The van der Waals surface area contributed by atoms with Gasteiger partial charge in [-0.25, -0.2) is 9.59 Å². The van der Waals surface area contributed by atoms with Crippen LogP contribution < -0.4 is 4.74 Å². The lowest BCUT2D eigenvalue weighted by molar-refractivity contribution is 0.0457. The monoisotopic (exact) mass is 294 g/mol. The highest BCUT2D eigenvalue weighted by molar-refractivity contribution is 5.95. The van der Waals surface area contributed by atoms with E-state index < -0.39 is 11.9 Å². The molecule has 116 valence electrons. The number of hydrogen-bond acceptors (Lipinski definition) is 4. The zero-order valence-corrected chi connectivity index (χ0v) is 12.9. The Labute approximate surface area is 124 Å². The number of carboxylic acids is 1. The molecule has 0 heterocycles. The third-order valence-electron chi connectivity index (χ3n) is 2.57. The zero-order valence-electron chi connectivity index (χ0n) is 12.9. The van der Waals surface area contributed by atoms with Crippen molar-refractivity contribution in [2.24, 2.45) is 11.8 Å². The average Bonchev–Trinajstić information content (AvgIpc) is 2.41. The minimum Gasteiger partial charge on any atom is -0.492 e. The molecule has 1 rings (SSSR count). The first-order valence-electron chi connectivity index (χ1n) is 6.98. The molecule has 0 saturated heterocycles. The van der Waals surface area contributed by atoms with Gasteiger partial charge in [-0.2, -0.15) is 0 Å². The van der Waals surface area contributed by atoms with Gasteiger partial charge in [0.15, 0.2) is 0 Å². The van der Waals surface area contributed by atoms with Crippen molar-refractivity contribution in [3.63, 3.8) is 0 Å². The fourth-order valence-corrected chi connectivity index (χ4v) is 1.53. The minimum atomic E-state index is -1.09. The summed E-state index contributed by atoms with van der Waals surface area (Å²) < 4.78 is 10.6. The van der Waals surface area contributed by atoms with E-state index in [1.807, 2.05) is 27.7 Å². The summed E-state index contributed by atoms with van der Waals surface area (Å²) in [6, 6.07) is 4.23. The van der Waals surface area contributed by atoms with E-state index in [1.165, 1.54) is 18.2 Å². The van der Waals surface area contributed by atoms with Gasteiger partial charge < -0.3 is 14.6 Å². The molecular formula is C16H22O5. The molecule has 1 N–H and O–H groups in total. The first kappa shape index (κ1) is 17.0. The molecule has 0 spiro atoms. The molecule has 0 aliphatic heterocycles. The van der Waals surface area contributed by atoms with Crippen LogP contribution in [-0.2, 0) is 4.74 Å². The summed E-state index contributed by atoms with van der Waals surface area (Å²) in [5.41, 5.74) is 0.329. The van der Waals surface area contributed by atoms with Crippen LogP contribution in [0.1, 0.15) is 48.4 Å². The van der Waals surface area contributed by atoms with E-state index in [0.29, 0.717) is 18.8 Å². The summed E-state index contributed by atoms with van der Waals surface area (Å²) in [5.74, 6) is -0.881. The summed E-state index contributed by atoms with van der Waals surface area (Å²) in [4.78, 5) is 23.1. The molecule has 0 atom stereocenters. The molecule has 21 heavy (non-hydrogen) atoms. The Bertz CT molecular complexity index is 505. The predicted octanol–water partition coefficient (Wildman–Crippen LogP) is 3.23. The highest BCUT2D eigenvalue weighted by Crippen LogP contribution is 2.22. The highest BCUT2D eigenvalue weighted by atomic mass is 16.5. The Hall–Kier alpha value is -2.04. The molecule has 0 aliphatic rings. The molecule has 5 heteroatoms. The lowest BCUT2D eigenvalue weighted by atomic mass is 10.1. The van der Waals surface area contributed by atoms with Gasteiger partial charge in [0.2, 0.25) is 0 Å². The van der Waals surface area contributed by atoms with Crippen molar-refractivity contribution < 1.29 is 24.2 Å². The van der Waals surface area contributed by atoms with Crippen LogP contribution in [0, 0.1) is 11.8 Å². The fraction of sp³-hybridized carbons (Fsp3) is 0.500. The maximum atomic E-state index is 11.9. The molecule has 0 unspecified atom stereocenters. The number of carbonyl (C=O) groups excluding carboxylic acids is 1. The van der Waals surface area contributed by atoms with Gasteiger partial charge >= 0.3 is 11.9 Å². The number of esters is 1. The molecule has 1 aromatic rings. The molecular weight excluding hydrogens is 272 g/mol. The van der Waals surface area contributed by atoms with Gasteiger partial charge in [0.25, 0.3) is 0 Å². The van der Waals surface area contributed by atoms with Crippen LogP contribution in [0.3, 0.4) is 0 Å². The van der Waals surface area contributed by atoms with Crippen LogP contribution in [0.2, 0.25) is 0 Å². The maximum Gasteiger partial charge on any atom is 0.339 e. The molecule has 0 bridgehead atoms. The van der Waals surface area contributed by atoms with Crippen molar-refractivity contribution in [1.82, 2.24) is 0 Å². The number of hydrogen-bond donors (Lipinski definition) is 1. The van der Waals surface area contributed by atoms with Crippen molar-refractivity contribution in [1.29, 1.82) is 0 Å². The van der Waals surface area contributed by atoms with Crippen molar-refractivity contribution >= 4 is 11.9 Å². The van der Waals surface area contributed by atoms with E-state index in [0.717, 1.165) is 0 Å². The lowest BCUT2D eigenvalue weighted by Crippen LogP contribution is -2.12. The van der Waals surface area contributed by atoms with E-state index in [2.05, 4.69) is 0 Å². The second-order valence-electron chi connectivity index (χ2n) is 5.71. The summed E-state index contributed by atoms with van der Waals surface area (Å²) in [6.45, 7) is 8.50. The van der Waals surface area contributed by atoms with E-state index >= 15 is 0 Å².